The summed E-state index contributed by atoms with van der Waals surface area (Å²) < 4.78 is 39.6. The van der Waals surface area contributed by atoms with E-state index >= 15 is 0 Å². The number of hydrogen-bond donors (Lipinski definition) is 2. The van der Waals surface area contributed by atoms with Crippen molar-refractivity contribution < 1.29 is 22.8 Å². The van der Waals surface area contributed by atoms with Gasteiger partial charge >= 0.3 is 0 Å². The Morgan fingerprint density at radius 1 is 0.815 bits per heavy atom. The van der Waals surface area contributed by atoms with Gasteiger partial charge in [-0.3, -0.25) is 9.59 Å². The van der Waals surface area contributed by atoms with Gasteiger partial charge in [-0.25, -0.2) is 13.2 Å². The van der Waals surface area contributed by atoms with Gasteiger partial charge in [0.25, 0.3) is 0 Å². The van der Waals surface area contributed by atoms with Crippen LogP contribution in [0.4, 0.5) is 18.9 Å². The van der Waals surface area contributed by atoms with Gasteiger partial charge in [-0.1, -0.05) is 42.5 Å². The van der Waals surface area contributed by atoms with E-state index in [0.717, 1.165) is 22.4 Å². The number of anilines is 1. The average Bonchev–Trinajstić information content (AvgIpc) is 2.67. The maximum atomic E-state index is 13.5. The number of rotatable bonds is 5. The van der Waals surface area contributed by atoms with Gasteiger partial charge in [0.15, 0.2) is 17.5 Å². The topological polar surface area (TPSA) is 58.2 Å². The molecule has 0 atom stereocenters. The first-order valence-electron chi connectivity index (χ1n) is 8.12. The van der Waals surface area contributed by atoms with Crippen LogP contribution >= 0.6 is 0 Å². The zero-order valence-corrected chi connectivity index (χ0v) is 14.1. The predicted molar refractivity (Wildman–Crippen MR) is 95.6 cm³/mol. The van der Waals surface area contributed by atoms with Crippen LogP contribution < -0.4 is 10.6 Å². The predicted octanol–water partition coefficient (Wildman–Crippen LogP) is 3.55. The molecule has 3 aromatic rings. The van der Waals surface area contributed by atoms with E-state index in [4.69, 9.17) is 0 Å². The lowest BCUT2D eigenvalue weighted by Gasteiger charge is -2.09. The first kappa shape index (κ1) is 18.4. The summed E-state index contributed by atoms with van der Waals surface area (Å²) in [6.45, 7) is -0.429. The first-order chi connectivity index (χ1) is 13.0. The van der Waals surface area contributed by atoms with E-state index in [-0.39, 0.29) is 6.42 Å². The minimum Gasteiger partial charge on any atom is -0.347 e. The summed E-state index contributed by atoms with van der Waals surface area (Å²) in [6, 6.07) is 14.8. The second-order valence-corrected chi connectivity index (χ2v) is 5.86. The molecule has 0 fully saturated rings. The molecule has 0 unspecified atom stereocenters. The number of nitrogens with one attached hydrogen (secondary N) is 2. The van der Waals surface area contributed by atoms with Crippen LogP contribution in [0.3, 0.4) is 0 Å². The van der Waals surface area contributed by atoms with Gasteiger partial charge in [-0.05, 0) is 28.5 Å². The van der Waals surface area contributed by atoms with E-state index in [2.05, 4.69) is 10.6 Å². The Morgan fingerprint density at radius 2 is 1.56 bits per heavy atom. The van der Waals surface area contributed by atoms with E-state index in [1.165, 1.54) is 0 Å². The molecule has 7 heteroatoms. The maximum Gasteiger partial charge on any atom is 0.243 e. The second-order valence-electron chi connectivity index (χ2n) is 5.86. The van der Waals surface area contributed by atoms with Gasteiger partial charge in [-0.15, -0.1) is 0 Å². The van der Waals surface area contributed by atoms with Crippen molar-refractivity contribution in [3.8, 4) is 0 Å². The summed E-state index contributed by atoms with van der Waals surface area (Å²) in [5.74, 6) is -5.68. The largest absolute Gasteiger partial charge is 0.347 e. The quantitative estimate of drug-likeness (QED) is 0.673. The molecule has 2 N–H and O–H groups in total. The third-order valence-corrected chi connectivity index (χ3v) is 3.99. The zero-order chi connectivity index (χ0) is 19.4. The van der Waals surface area contributed by atoms with Crippen molar-refractivity contribution >= 4 is 28.3 Å². The van der Waals surface area contributed by atoms with Crippen LogP contribution in [0.2, 0.25) is 0 Å². The molecule has 0 aliphatic heterocycles. The van der Waals surface area contributed by atoms with Gasteiger partial charge in [-0.2, -0.15) is 0 Å². The number of carbonyl (C=O) groups excluding carboxylic acids is 2. The molecule has 0 heterocycles. The molecule has 0 aliphatic rings. The van der Waals surface area contributed by atoms with Gasteiger partial charge in [0, 0.05) is 0 Å². The van der Waals surface area contributed by atoms with Crippen LogP contribution in [0, 0.1) is 17.5 Å². The third kappa shape index (κ3) is 4.25. The summed E-state index contributed by atoms with van der Waals surface area (Å²) in [5, 5.41) is 6.44. The highest BCUT2D eigenvalue weighted by atomic mass is 19.2. The van der Waals surface area contributed by atoms with Crippen molar-refractivity contribution in [2.75, 3.05) is 11.9 Å². The second kappa shape index (κ2) is 7.90. The Labute approximate surface area is 153 Å². The standard InChI is InChI=1S/C20H15F3N2O2/c21-15-8-9-16(20(23)19(15)22)25-18(27)11-24-17(26)10-13-6-3-5-12-4-1-2-7-14(12)13/h1-9H,10-11H2,(H,24,26)(H,25,27). The normalized spacial score (nSPS) is 10.6. The molecule has 0 bridgehead atoms. The number of carbonyl (C=O) groups is 2. The van der Waals surface area contributed by atoms with Crippen LogP contribution in [-0.2, 0) is 16.0 Å². The molecule has 0 saturated heterocycles. The van der Waals surface area contributed by atoms with E-state index in [0.29, 0.717) is 6.07 Å². The van der Waals surface area contributed by atoms with E-state index in [1.807, 2.05) is 42.5 Å². The van der Waals surface area contributed by atoms with Gasteiger partial charge < -0.3 is 10.6 Å². The van der Waals surface area contributed by atoms with Crippen molar-refractivity contribution in [2.24, 2.45) is 0 Å². The average molecular weight is 372 g/mol. The van der Waals surface area contributed by atoms with E-state index in [9.17, 15) is 22.8 Å². The van der Waals surface area contributed by atoms with E-state index in [1.54, 1.807) is 0 Å². The van der Waals surface area contributed by atoms with Crippen molar-refractivity contribution in [1.82, 2.24) is 5.32 Å². The molecule has 2 amide bonds. The molecule has 3 aromatic carbocycles. The molecular formula is C20H15F3N2O2. The molecule has 27 heavy (non-hydrogen) atoms. The van der Waals surface area contributed by atoms with Crippen molar-refractivity contribution in [2.45, 2.75) is 6.42 Å². The van der Waals surface area contributed by atoms with Gasteiger partial charge in [0.05, 0.1) is 18.7 Å². The van der Waals surface area contributed by atoms with Gasteiger partial charge in [0.1, 0.15) is 0 Å². The number of halogens is 3. The SMILES string of the molecule is O=C(Cc1cccc2ccccc12)NCC(=O)Nc1ccc(F)c(F)c1F. The lowest BCUT2D eigenvalue weighted by Crippen LogP contribution is -2.34. The highest BCUT2D eigenvalue weighted by molar-refractivity contribution is 5.96. The Balaban J connectivity index is 1.59. The smallest absolute Gasteiger partial charge is 0.243 e. The molecule has 0 aliphatic carbocycles. The highest BCUT2D eigenvalue weighted by Crippen LogP contribution is 2.20. The van der Waals surface area contributed by atoms with Crippen LogP contribution in [0.25, 0.3) is 10.8 Å². The summed E-state index contributed by atoms with van der Waals surface area (Å²) in [6.07, 6.45) is 0.0637. The van der Waals surface area contributed by atoms with Crippen LogP contribution in [0.5, 0.6) is 0 Å². The molecule has 3 rings (SSSR count). The summed E-state index contributed by atoms with van der Waals surface area (Å²) >= 11 is 0. The van der Waals surface area contributed by atoms with Gasteiger partial charge in [0.2, 0.25) is 11.8 Å². The zero-order valence-electron chi connectivity index (χ0n) is 14.1. The lowest BCUT2D eigenvalue weighted by atomic mass is 10.0. The molecule has 138 valence electrons. The van der Waals surface area contributed by atoms with Crippen molar-refractivity contribution in [1.29, 1.82) is 0 Å². The fraction of sp³-hybridized carbons (Fsp3) is 0.100. The Bertz CT molecular complexity index is 1020. The summed E-state index contributed by atoms with van der Waals surface area (Å²) in [7, 11) is 0. The molecule has 4 nitrogen and oxygen atoms in total. The monoisotopic (exact) mass is 372 g/mol. The minimum absolute atomic E-state index is 0.0637. The number of fused-ring (bicyclic) bond motifs is 1. The third-order valence-electron chi connectivity index (χ3n) is 3.99. The summed E-state index contributed by atoms with van der Waals surface area (Å²) in [5.41, 5.74) is 0.305. The first-order valence-corrected chi connectivity index (χ1v) is 8.12. The van der Waals surface area contributed by atoms with Crippen molar-refractivity contribution in [3.05, 3.63) is 77.6 Å². The van der Waals surface area contributed by atoms with Crippen LogP contribution in [-0.4, -0.2) is 18.4 Å². The number of benzene rings is 3. The minimum atomic E-state index is -1.67. The van der Waals surface area contributed by atoms with Crippen LogP contribution in [0.15, 0.2) is 54.6 Å². The maximum absolute atomic E-state index is 13.5. The fourth-order valence-corrected chi connectivity index (χ4v) is 2.68. The lowest BCUT2D eigenvalue weighted by molar-refractivity contribution is -0.123. The summed E-state index contributed by atoms with van der Waals surface area (Å²) in [4.78, 5) is 23.9. The van der Waals surface area contributed by atoms with Crippen molar-refractivity contribution in [3.63, 3.8) is 0 Å². The molecule has 0 aromatic heterocycles. The Kier molecular flexibility index (Phi) is 5.40. The fourth-order valence-electron chi connectivity index (χ4n) is 2.68. The van der Waals surface area contributed by atoms with E-state index < -0.39 is 41.5 Å². The highest BCUT2D eigenvalue weighted by Gasteiger charge is 2.15. The molecular weight excluding hydrogens is 357 g/mol. The molecule has 0 spiro atoms. The number of hydrogen-bond acceptors (Lipinski definition) is 2. The Hall–Kier alpha value is -3.35. The molecule has 0 saturated carbocycles. The molecule has 0 radical (unpaired) electrons. The number of amides is 2. The Morgan fingerprint density at radius 3 is 2.37 bits per heavy atom. The van der Waals surface area contributed by atoms with Crippen LogP contribution in [0.1, 0.15) is 5.56 Å².